The average Bonchev–Trinajstić information content (AvgIpc) is 3.53. The van der Waals surface area contributed by atoms with Crippen molar-refractivity contribution in [2.24, 2.45) is 0 Å². The normalized spacial score (nSPS) is 15.9. The van der Waals surface area contributed by atoms with Crippen molar-refractivity contribution in [1.82, 2.24) is 25.0 Å². The Morgan fingerprint density at radius 3 is 2.17 bits per heavy atom. The Kier molecular flexibility index (Phi) is 10.6. The number of ether oxygens (including phenoxy) is 1. The highest BCUT2D eigenvalue weighted by atomic mass is 32.1. The number of likely N-dealkylation sites (N-methyl/N-ethyl adjacent to an activating group) is 2. The van der Waals surface area contributed by atoms with Crippen molar-refractivity contribution in [3.63, 3.8) is 0 Å². The number of nitrogens with zero attached hydrogens (tertiary/aromatic N) is 5. The molecule has 2 saturated heterocycles. The summed E-state index contributed by atoms with van der Waals surface area (Å²) in [7, 11) is 4.34. The molecule has 0 saturated carbocycles. The number of nitriles is 1. The summed E-state index contributed by atoms with van der Waals surface area (Å²) in [6, 6.07) is 30.7. The maximum Gasteiger partial charge on any atom is 0.127 e. The second-order valence-corrected chi connectivity index (χ2v) is 12.9. The fraction of sp³-hybridized carbons (Fsp3) is 0.297. The van der Waals surface area contributed by atoms with E-state index in [0.29, 0.717) is 5.56 Å². The summed E-state index contributed by atoms with van der Waals surface area (Å²) in [6.07, 6.45) is 1.65. The predicted octanol–water partition coefficient (Wildman–Crippen LogP) is 6.64. The fourth-order valence-corrected chi connectivity index (χ4v) is 6.64. The number of pyridine rings is 1. The van der Waals surface area contributed by atoms with Gasteiger partial charge in [-0.3, -0.25) is 9.88 Å². The van der Waals surface area contributed by atoms with Crippen LogP contribution < -0.4 is 15.4 Å². The van der Waals surface area contributed by atoms with Gasteiger partial charge in [-0.15, -0.1) is 11.3 Å². The quantitative estimate of drug-likeness (QED) is 0.207. The van der Waals surface area contributed by atoms with E-state index in [2.05, 4.69) is 80.8 Å². The number of hydrogen-bond acceptors (Lipinski definition) is 9. The van der Waals surface area contributed by atoms with E-state index in [9.17, 15) is 5.26 Å². The molecule has 2 aromatic heterocycles. The zero-order valence-corrected chi connectivity index (χ0v) is 27.4. The molecule has 0 bridgehead atoms. The maximum atomic E-state index is 9.82. The Hall–Kier alpha value is -4.30. The van der Waals surface area contributed by atoms with E-state index < -0.39 is 0 Å². The minimum atomic E-state index is 0.517. The first-order valence-electron chi connectivity index (χ1n) is 15.9. The summed E-state index contributed by atoms with van der Waals surface area (Å²) in [5, 5.41) is 16.6. The molecule has 0 amide bonds. The molecule has 0 aliphatic carbocycles. The van der Waals surface area contributed by atoms with Gasteiger partial charge in [0, 0.05) is 75.7 Å². The molecule has 9 heteroatoms. The topological polar surface area (TPSA) is 79.7 Å². The molecule has 2 fully saturated rings. The number of anilines is 2. The maximum absolute atomic E-state index is 9.82. The van der Waals surface area contributed by atoms with Crippen LogP contribution in [0.25, 0.3) is 20.7 Å². The molecule has 4 heterocycles. The highest BCUT2D eigenvalue weighted by Crippen LogP contribution is 2.39. The number of nitrogens with one attached hydrogen (secondary N) is 2. The van der Waals surface area contributed by atoms with Crippen molar-refractivity contribution in [3.8, 4) is 28.0 Å². The number of hydrogen-bond donors (Lipinski definition) is 2. The van der Waals surface area contributed by atoms with E-state index >= 15 is 0 Å². The number of para-hydroxylation sites is 1. The molecule has 236 valence electrons. The first-order chi connectivity index (χ1) is 22.5. The molecule has 0 radical (unpaired) electrons. The van der Waals surface area contributed by atoms with Gasteiger partial charge in [-0.1, -0.05) is 42.5 Å². The fourth-order valence-electron chi connectivity index (χ4n) is 5.52. The molecule has 8 nitrogen and oxygen atoms in total. The summed E-state index contributed by atoms with van der Waals surface area (Å²) >= 11 is 1.66. The van der Waals surface area contributed by atoms with Gasteiger partial charge in [0.1, 0.15) is 17.6 Å². The number of aromatic nitrogens is 1. The molecular formula is C37H41N7OS. The Balaban J connectivity index is 0.000000471. The number of thiophene rings is 1. The smallest absolute Gasteiger partial charge is 0.127 e. The average molecular weight is 632 g/mol. The van der Waals surface area contributed by atoms with Crippen LogP contribution in [0, 0.1) is 11.3 Å². The lowest BCUT2D eigenvalue weighted by Crippen LogP contribution is -2.43. The summed E-state index contributed by atoms with van der Waals surface area (Å²) in [6.45, 7) is 10.2. The summed E-state index contributed by atoms with van der Waals surface area (Å²) in [5.41, 5.74) is 5.54. The molecule has 0 atom stereocenters. The van der Waals surface area contributed by atoms with Crippen molar-refractivity contribution >= 4 is 32.9 Å². The van der Waals surface area contributed by atoms with Crippen LogP contribution in [0.2, 0.25) is 0 Å². The van der Waals surface area contributed by atoms with Crippen LogP contribution in [0.15, 0.2) is 91.1 Å². The van der Waals surface area contributed by atoms with Crippen molar-refractivity contribution in [2.45, 2.75) is 6.54 Å². The van der Waals surface area contributed by atoms with E-state index in [0.717, 1.165) is 89.3 Å². The van der Waals surface area contributed by atoms with E-state index in [1.165, 1.54) is 18.7 Å². The highest BCUT2D eigenvalue weighted by molar-refractivity contribution is 7.22. The molecular weight excluding hydrogens is 591 g/mol. The third-order valence-electron chi connectivity index (χ3n) is 8.35. The Bertz CT molecular complexity index is 1740. The lowest BCUT2D eigenvalue weighted by Gasteiger charge is -2.32. The zero-order chi connectivity index (χ0) is 31.7. The van der Waals surface area contributed by atoms with Crippen LogP contribution in [0.4, 0.5) is 11.4 Å². The van der Waals surface area contributed by atoms with Gasteiger partial charge in [-0.05, 0) is 67.7 Å². The zero-order valence-electron chi connectivity index (χ0n) is 26.6. The summed E-state index contributed by atoms with van der Waals surface area (Å²) in [5.74, 6) is 1.54. The molecule has 0 spiro atoms. The first-order valence-corrected chi connectivity index (χ1v) is 16.7. The molecule has 2 aliphatic heterocycles. The van der Waals surface area contributed by atoms with Gasteiger partial charge in [0.2, 0.25) is 0 Å². The van der Waals surface area contributed by atoms with Crippen LogP contribution in [-0.2, 0) is 6.54 Å². The molecule has 46 heavy (non-hydrogen) atoms. The van der Waals surface area contributed by atoms with E-state index in [1.807, 2.05) is 54.6 Å². The van der Waals surface area contributed by atoms with Gasteiger partial charge in [-0.2, -0.15) is 5.26 Å². The van der Waals surface area contributed by atoms with Gasteiger partial charge in [0.15, 0.2) is 0 Å². The van der Waals surface area contributed by atoms with Crippen molar-refractivity contribution in [1.29, 1.82) is 5.26 Å². The van der Waals surface area contributed by atoms with Crippen LogP contribution in [-0.4, -0.2) is 86.1 Å². The van der Waals surface area contributed by atoms with Crippen molar-refractivity contribution < 1.29 is 4.74 Å². The Labute approximate surface area is 275 Å². The molecule has 3 aromatic carbocycles. The molecule has 5 aromatic rings. The summed E-state index contributed by atoms with van der Waals surface area (Å²) < 4.78 is 6.88. The van der Waals surface area contributed by atoms with Crippen LogP contribution in [0.3, 0.4) is 0 Å². The minimum absolute atomic E-state index is 0.517. The SMILES string of the molecule is CN1CCN(Cc2ccc(-c3cc4ncc(C#N)c(Nc5ccc(Oc6ccccc6)cc5)c4s3)cc2)CC1.CN1CCNCC1. The lowest BCUT2D eigenvalue weighted by molar-refractivity contribution is 0.148. The van der Waals surface area contributed by atoms with Gasteiger partial charge < -0.3 is 25.2 Å². The highest BCUT2D eigenvalue weighted by Gasteiger charge is 2.16. The number of rotatable bonds is 7. The third kappa shape index (κ3) is 8.29. The van der Waals surface area contributed by atoms with Crippen LogP contribution >= 0.6 is 11.3 Å². The second-order valence-electron chi connectivity index (χ2n) is 11.9. The van der Waals surface area contributed by atoms with Crippen molar-refractivity contribution in [2.75, 3.05) is 71.8 Å². The Morgan fingerprint density at radius 2 is 1.52 bits per heavy atom. The molecule has 2 aliphatic rings. The second kappa shape index (κ2) is 15.3. The van der Waals surface area contributed by atoms with Gasteiger partial charge >= 0.3 is 0 Å². The van der Waals surface area contributed by atoms with Gasteiger partial charge in [-0.25, -0.2) is 0 Å². The van der Waals surface area contributed by atoms with E-state index in [-0.39, 0.29) is 0 Å². The lowest BCUT2D eigenvalue weighted by atomic mass is 10.1. The first kappa shape index (κ1) is 31.7. The standard InChI is InChI=1S/C32H29N5OS.C5H12N2/c1-36-15-17-37(18-16-36)22-23-7-9-24(10-8-23)30-19-29-32(39-30)31(25(20-33)21-34-29)35-26-11-13-28(14-12-26)38-27-5-3-2-4-6-27;1-7-4-2-6-3-5-7/h2-14,19,21H,15-18,22H2,1H3,(H,34,35);6H,2-5H2,1H3. The minimum Gasteiger partial charge on any atom is -0.457 e. The third-order valence-corrected chi connectivity index (χ3v) is 9.54. The molecule has 0 unspecified atom stereocenters. The molecule has 2 N–H and O–H groups in total. The van der Waals surface area contributed by atoms with Crippen molar-refractivity contribution in [3.05, 3.63) is 102 Å². The van der Waals surface area contributed by atoms with Gasteiger partial charge in [0.05, 0.1) is 21.5 Å². The van der Waals surface area contributed by atoms with Crippen LogP contribution in [0.1, 0.15) is 11.1 Å². The molecule has 7 rings (SSSR count). The number of benzene rings is 3. The largest absolute Gasteiger partial charge is 0.457 e. The van der Waals surface area contributed by atoms with E-state index in [4.69, 9.17) is 4.74 Å². The number of piperazine rings is 2. The Morgan fingerprint density at radius 1 is 0.848 bits per heavy atom. The monoisotopic (exact) mass is 631 g/mol. The summed E-state index contributed by atoms with van der Waals surface area (Å²) in [4.78, 5) is 12.9. The van der Waals surface area contributed by atoms with Gasteiger partial charge in [0.25, 0.3) is 0 Å². The van der Waals surface area contributed by atoms with Crippen LogP contribution in [0.5, 0.6) is 11.5 Å². The van der Waals surface area contributed by atoms with E-state index in [1.54, 1.807) is 17.5 Å². The number of fused-ring (bicyclic) bond motifs is 1. The predicted molar refractivity (Wildman–Crippen MR) is 189 cm³/mol.